The molecule has 1 fully saturated rings. The summed E-state index contributed by atoms with van der Waals surface area (Å²) in [6.07, 6.45) is 2.62. The number of hydrogen-bond donors (Lipinski definition) is 1. The molecule has 3 heteroatoms. The number of nitrogens with zero attached hydrogens (tertiary/aromatic N) is 2. The highest BCUT2D eigenvalue weighted by Gasteiger charge is 2.10. The molecule has 1 saturated heterocycles. The van der Waals surface area contributed by atoms with Crippen molar-refractivity contribution in [1.29, 1.82) is 0 Å². The Kier molecular flexibility index (Phi) is 7.01. The van der Waals surface area contributed by atoms with Crippen LogP contribution in [0.2, 0.25) is 0 Å². The minimum absolute atomic E-state index is 0.770. The van der Waals surface area contributed by atoms with Crippen molar-refractivity contribution in [2.24, 2.45) is 5.92 Å². The summed E-state index contributed by atoms with van der Waals surface area (Å²) in [5.41, 5.74) is 0. The van der Waals surface area contributed by atoms with E-state index >= 15 is 0 Å². The highest BCUT2D eigenvalue weighted by Crippen LogP contribution is 2.01. The summed E-state index contributed by atoms with van der Waals surface area (Å²) in [6, 6.07) is 0. The van der Waals surface area contributed by atoms with E-state index in [1.54, 1.807) is 0 Å². The van der Waals surface area contributed by atoms with Crippen LogP contribution in [0.4, 0.5) is 0 Å². The van der Waals surface area contributed by atoms with Crippen LogP contribution < -0.4 is 5.32 Å². The molecule has 0 radical (unpaired) electrons. The molecule has 1 aliphatic heterocycles. The molecule has 0 aromatic carbocycles. The van der Waals surface area contributed by atoms with E-state index in [2.05, 4.69) is 36.0 Å². The van der Waals surface area contributed by atoms with Crippen LogP contribution in [0.25, 0.3) is 0 Å². The van der Waals surface area contributed by atoms with Gasteiger partial charge in [-0.3, -0.25) is 0 Å². The molecular formula is C13H29N3. The lowest BCUT2D eigenvalue weighted by molar-refractivity contribution is 0.272. The zero-order chi connectivity index (χ0) is 11.8. The van der Waals surface area contributed by atoms with Gasteiger partial charge in [-0.1, -0.05) is 13.8 Å². The average molecular weight is 227 g/mol. The lowest BCUT2D eigenvalue weighted by Crippen LogP contribution is -2.31. The van der Waals surface area contributed by atoms with Gasteiger partial charge in [-0.05, 0) is 58.5 Å². The van der Waals surface area contributed by atoms with Gasteiger partial charge in [0, 0.05) is 13.1 Å². The van der Waals surface area contributed by atoms with E-state index in [0.29, 0.717) is 0 Å². The van der Waals surface area contributed by atoms with Crippen LogP contribution >= 0.6 is 0 Å². The van der Waals surface area contributed by atoms with Crippen molar-refractivity contribution in [3.05, 3.63) is 0 Å². The predicted octanol–water partition coefficient (Wildman–Crippen LogP) is 1.26. The van der Waals surface area contributed by atoms with E-state index < -0.39 is 0 Å². The fourth-order valence-electron chi connectivity index (χ4n) is 2.14. The van der Waals surface area contributed by atoms with E-state index in [-0.39, 0.29) is 0 Å². The van der Waals surface area contributed by atoms with Crippen molar-refractivity contribution in [1.82, 2.24) is 15.1 Å². The zero-order valence-corrected chi connectivity index (χ0v) is 11.3. The van der Waals surface area contributed by atoms with Crippen LogP contribution in [-0.2, 0) is 0 Å². The van der Waals surface area contributed by atoms with Gasteiger partial charge < -0.3 is 15.1 Å². The first-order chi connectivity index (χ1) is 7.68. The van der Waals surface area contributed by atoms with Crippen LogP contribution in [0.3, 0.4) is 0 Å². The third-order valence-electron chi connectivity index (χ3n) is 3.19. The molecule has 0 atom stereocenters. The largest absolute Gasteiger partial charge is 0.316 e. The Morgan fingerprint density at radius 2 is 1.94 bits per heavy atom. The maximum atomic E-state index is 3.51. The van der Waals surface area contributed by atoms with Crippen molar-refractivity contribution in [2.45, 2.75) is 26.7 Å². The van der Waals surface area contributed by atoms with Crippen molar-refractivity contribution in [3.63, 3.8) is 0 Å². The number of rotatable bonds is 6. The Bertz CT molecular complexity index is 171. The van der Waals surface area contributed by atoms with Gasteiger partial charge in [0.15, 0.2) is 0 Å². The molecule has 96 valence electrons. The first-order valence-corrected chi connectivity index (χ1v) is 6.80. The van der Waals surface area contributed by atoms with E-state index in [0.717, 1.165) is 12.5 Å². The van der Waals surface area contributed by atoms with Crippen LogP contribution in [0.1, 0.15) is 26.7 Å². The maximum absolute atomic E-state index is 3.51. The highest BCUT2D eigenvalue weighted by molar-refractivity contribution is 4.67. The van der Waals surface area contributed by atoms with Crippen LogP contribution in [0.5, 0.6) is 0 Å². The van der Waals surface area contributed by atoms with Crippen LogP contribution in [-0.4, -0.2) is 62.7 Å². The standard InChI is InChI=1S/C13H29N3/c1-13(2)12-14-6-4-8-16-9-5-7-15(3)10-11-16/h13-14H,4-12H2,1-3H3. The quantitative estimate of drug-likeness (QED) is 0.689. The minimum atomic E-state index is 0.770. The van der Waals surface area contributed by atoms with Crippen molar-refractivity contribution < 1.29 is 0 Å². The Morgan fingerprint density at radius 3 is 2.69 bits per heavy atom. The fraction of sp³-hybridized carbons (Fsp3) is 1.00. The topological polar surface area (TPSA) is 18.5 Å². The third-order valence-corrected chi connectivity index (χ3v) is 3.19. The molecule has 1 N–H and O–H groups in total. The molecule has 0 aromatic heterocycles. The van der Waals surface area contributed by atoms with Gasteiger partial charge >= 0.3 is 0 Å². The van der Waals surface area contributed by atoms with E-state index in [9.17, 15) is 0 Å². The molecule has 1 aliphatic rings. The Hall–Kier alpha value is -0.120. The molecule has 0 amide bonds. The van der Waals surface area contributed by atoms with Gasteiger partial charge in [0.2, 0.25) is 0 Å². The Labute approximate surface area is 101 Å². The summed E-state index contributed by atoms with van der Waals surface area (Å²) in [5.74, 6) is 0.770. The molecule has 0 spiro atoms. The molecule has 1 heterocycles. The summed E-state index contributed by atoms with van der Waals surface area (Å²) < 4.78 is 0. The van der Waals surface area contributed by atoms with Crippen LogP contribution in [0.15, 0.2) is 0 Å². The number of likely N-dealkylation sites (N-methyl/N-ethyl adjacent to an activating group) is 1. The first-order valence-electron chi connectivity index (χ1n) is 6.80. The monoisotopic (exact) mass is 227 g/mol. The summed E-state index contributed by atoms with van der Waals surface area (Å²) >= 11 is 0. The van der Waals surface area contributed by atoms with Gasteiger partial charge in [-0.25, -0.2) is 0 Å². The molecule has 1 rings (SSSR count). The molecule has 0 aliphatic carbocycles. The van der Waals surface area contributed by atoms with Crippen molar-refractivity contribution >= 4 is 0 Å². The second kappa shape index (κ2) is 8.04. The maximum Gasteiger partial charge on any atom is 0.0109 e. The van der Waals surface area contributed by atoms with E-state index in [1.165, 1.54) is 52.1 Å². The van der Waals surface area contributed by atoms with Gasteiger partial charge in [-0.2, -0.15) is 0 Å². The fourth-order valence-corrected chi connectivity index (χ4v) is 2.14. The number of hydrogen-bond acceptors (Lipinski definition) is 3. The molecule has 3 nitrogen and oxygen atoms in total. The lowest BCUT2D eigenvalue weighted by atomic mass is 10.2. The summed E-state index contributed by atoms with van der Waals surface area (Å²) in [6.45, 7) is 13.2. The third kappa shape index (κ3) is 6.46. The Balaban J connectivity index is 1.99. The summed E-state index contributed by atoms with van der Waals surface area (Å²) in [4.78, 5) is 5.05. The predicted molar refractivity (Wildman–Crippen MR) is 70.9 cm³/mol. The molecule has 0 saturated carbocycles. The first kappa shape index (κ1) is 13.9. The SMILES string of the molecule is CC(C)CNCCCN1CCCN(C)CC1. The van der Waals surface area contributed by atoms with Gasteiger partial charge in [0.25, 0.3) is 0 Å². The Morgan fingerprint density at radius 1 is 1.12 bits per heavy atom. The van der Waals surface area contributed by atoms with Gasteiger partial charge in [0.1, 0.15) is 0 Å². The van der Waals surface area contributed by atoms with E-state index in [4.69, 9.17) is 0 Å². The summed E-state index contributed by atoms with van der Waals surface area (Å²) in [7, 11) is 2.23. The second-order valence-corrected chi connectivity index (χ2v) is 5.45. The van der Waals surface area contributed by atoms with E-state index in [1.807, 2.05) is 0 Å². The average Bonchev–Trinajstić information content (AvgIpc) is 2.43. The van der Waals surface area contributed by atoms with Gasteiger partial charge in [0.05, 0.1) is 0 Å². The van der Waals surface area contributed by atoms with Crippen molar-refractivity contribution in [2.75, 3.05) is 52.9 Å². The smallest absolute Gasteiger partial charge is 0.0109 e. The molecule has 16 heavy (non-hydrogen) atoms. The molecule has 0 unspecified atom stereocenters. The van der Waals surface area contributed by atoms with Crippen molar-refractivity contribution in [3.8, 4) is 0 Å². The summed E-state index contributed by atoms with van der Waals surface area (Å²) in [5, 5.41) is 3.51. The normalized spacial score (nSPS) is 20.2. The molecular weight excluding hydrogens is 198 g/mol. The molecule has 0 bridgehead atoms. The molecule has 0 aromatic rings. The van der Waals surface area contributed by atoms with Gasteiger partial charge in [-0.15, -0.1) is 0 Å². The second-order valence-electron chi connectivity index (χ2n) is 5.45. The minimum Gasteiger partial charge on any atom is -0.316 e. The number of nitrogens with one attached hydrogen (secondary N) is 1. The lowest BCUT2D eigenvalue weighted by Gasteiger charge is -2.20. The highest BCUT2D eigenvalue weighted by atomic mass is 15.2. The van der Waals surface area contributed by atoms with Crippen LogP contribution in [0, 0.1) is 5.92 Å². The zero-order valence-electron chi connectivity index (χ0n) is 11.3.